The maximum atomic E-state index is 13.0. The van der Waals surface area contributed by atoms with Crippen LogP contribution in [0.4, 0.5) is 0 Å². The Labute approximate surface area is 216 Å². The molecule has 0 atom stereocenters. The van der Waals surface area contributed by atoms with Gasteiger partial charge < -0.3 is 24.5 Å². The molecule has 1 heterocycles. The van der Waals surface area contributed by atoms with E-state index in [0.717, 1.165) is 43.0 Å². The molecule has 192 valence electrons. The van der Waals surface area contributed by atoms with Crippen LogP contribution in [0.1, 0.15) is 28.8 Å². The third-order valence-corrected chi connectivity index (χ3v) is 6.07. The normalized spacial score (nSPS) is 10.9. The van der Waals surface area contributed by atoms with Crippen molar-refractivity contribution in [2.75, 3.05) is 33.4 Å². The highest BCUT2D eigenvalue weighted by Crippen LogP contribution is 2.27. The van der Waals surface area contributed by atoms with Crippen molar-refractivity contribution in [1.29, 1.82) is 0 Å². The lowest BCUT2D eigenvalue weighted by molar-refractivity contribution is 0.0954. The minimum Gasteiger partial charge on any atom is -0.493 e. The molecule has 0 fully saturated rings. The highest BCUT2D eigenvalue weighted by molar-refractivity contribution is 6.05. The Kier molecular flexibility index (Phi) is 8.94. The van der Waals surface area contributed by atoms with Crippen molar-refractivity contribution in [3.05, 3.63) is 94.1 Å². The largest absolute Gasteiger partial charge is 0.493 e. The fourth-order valence-electron chi connectivity index (χ4n) is 4.11. The smallest absolute Gasteiger partial charge is 0.255 e. The Morgan fingerprint density at radius 2 is 1.59 bits per heavy atom. The van der Waals surface area contributed by atoms with Crippen molar-refractivity contribution in [1.82, 2.24) is 10.6 Å². The van der Waals surface area contributed by atoms with Gasteiger partial charge in [0.15, 0.2) is 22.5 Å². The average molecular weight is 501 g/mol. The first-order valence-corrected chi connectivity index (χ1v) is 12.5. The first-order chi connectivity index (χ1) is 18.1. The molecular weight excluding hydrogens is 468 g/mol. The van der Waals surface area contributed by atoms with Gasteiger partial charge in [-0.15, -0.1) is 0 Å². The molecule has 0 aliphatic carbocycles. The van der Waals surface area contributed by atoms with Crippen LogP contribution >= 0.6 is 0 Å². The van der Waals surface area contributed by atoms with Gasteiger partial charge in [0, 0.05) is 17.7 Å². The van der Waals surface area contributed by atoms with Crippen LogP contribution in [0.3, 0.4) is 0 Å². The van der Waals surface area contributed by atoms with E-state index in [9.17, 15) is 9.59 Å². The maximum absolute atomic E-state index is 13.0. The van der Waals surface area contributed by atoms with E-state index >= 15 is 0 Å². The van der Waals surface area contributed by atoms with E-state index < -0.39 is 0 Å². The summed E-state index contributed by atoms with van der Waals surface area (Å²) >= 11 is 0. The highest BCUT2D eigenvalue weighted by Gasteiger charge is 2.18. The van der Waals surface area contributed by atoms with E-state index in [1.807, 2.05) is 54.6 Å². The number of amides is 1. The van der Waals surface area contributed by atoms with E-state index in [2.05, 4.69) is 10.6 Å². The second kappa shape index (κ2) is 12.7. The van der Waals surface area contributed by atoms with Crippen LogP contribution in [-0.2, 0) is 0 Å². The Bertz CT molecular complexity index is 1400. The zero-order valence-electron chi connectivity index (χ0n) is 21.2. The summed E-state index contributed by atoms with van der Waals surface area (Å²) in [6, 6.07) is 22.1. The highest BCUT2D eigenvalue weighted by atomic mass is 16.5. The van der Waals surface area contributed by atoms with Gasteiger partial charge in [0.25, 0.3) is 5.91 Å². The predicted octanol–water partition coefficient (Wildman–Crippen LogP) is 4.96. The second-order valence-electron chi connectivity index (χ2n) is 8.65. The molecule has 0 radical (unpaired) electrons. The van der Waals surface area contributed by atoms with E-state index in [1.165, 1.54) is 0 Å². The number of rotatable bonds is 12. The molecule has 4 aromatic rings. The van der Waals surface area contributed by atoms with Gasteiger partial charge >= 0.3 is 0 Å². The summed E-state index contributed by atoms with van der Waals surface area (Å²) in [7, 11) is 1.63. The Morgan fingerprint density at radius 1 is 0.865 bits per heavy atom. The van der Waals surface area contributed by atoms with E-state index in [0.29, 0.717) is 41.0 Å². The van der Waals surface area contributed by atoms with Gasteiger partial charge in [0.1, 0.15) is 5.76 Å². The lowest BCUT2D eigenvalue weighted by atomic mass is 10.0. The zero-order valence-corrected chi connectivity index (χ0v) is 21.2. The van der Waals surface area contributed by atoms with Crippen molar-refractivity contribution in [3.8, 4) is 22.8 Å². The van der Waals surface area contributed by atoms with Gasteiger partial charge in [-0.3, -0.25) is 9.59 Å². The van der Waals surface area contributed by atoms with Crippen molar-refractivity contribution < 1.29 is 18.7 Å². The summed E-state index contributed by atoms with van der Waals surface area (Å²) in [5.74, 6) is 1.69. The maximum Gasteiger partial charge on any atom is 0.255 e. The molecule has 0 saturated carbocycles. The summed E-state index contributed by atoms with van der Waals surface area (Å²) in [6.45, 7) is 4.40. The molecule has 3 aromatic carbocycles. The minimum absolute atomic E-state index is 0.131. The molecule has 2 N–H and O–H groups in total. The molecule has 0 bridgehead atoms. The fraction of sp³-hybridized carbons (Fsp3) is 0.267. The molecule has 0 unspecified atom stereocenters. The van der Waals surface area contributed by atoms with Crippen molar-refractivity contribution in [2.45, 2.75) is 19.8 Å². The summed E-state index contributed by atoms with van der Waals surface area (Å²) < 4.78 is 17.2. The van der Waals surface area contributed by atoms with E-state index in [4.69, 9.17) is 13.9 Å². The third kappa shape index (κ3) is 6.37. The zero-order chi connectivity index (χ0) is 26.0. The molecule has 0 saturated heterocycles. The van der Waals surface area contributed by atoms with E-state index in [1.54, 1.807) is 32.2 Å². The first-order valence-electron chi connectivity index (χ1n) is 12.5. The molecule has 7 nitrogen and oxygen atoms in total. The van der Waals surface area contributed by atoms with Crippen molar-refractivity contribution in [2.24, 2.45) is 0 Å². The number of para-hydroxylation sites is 3. The van der Waals surface area contributed by atoms with Gasteiger partial charge in [-0.05, 0) is 57.1 Å². The van der Waals surface area contributed by atoms with Gasteiger partial charge in [0.2, 0.25) is 0 Å². The minimum atomic E-state index is -0.262. The fourth-order valence-corrected chi connectivity index (χ4v) is 4.11. The Hall–Kier alpha value is -4.10. The lowest BCUT2D eigenvalue weighted by Crippen LogP contribution is -2.28. The number of ether oxygens (including phenoxy) is 2. The molecular formula is C30H32N2O5. The van der Waals surface area contributed by atoms with E-state index in [-0.39, 0.29) is 11.3 Å². The number of hydrogen-bond donors (Lipinski definition) is 2. The molecule has 0 spiro atoms. The van der Waals surface area contributed by atoms with Crippen LogP contribution in [0.25, 0.3) is 22.3 Å². The average Bonchev–Trinajstić information content (AvgIpc) is 2.94. The molecule has 7 heteroatoms. The monoisotopic (exact) mass is 500 g/mol. The summed E-state index contributed by atoms with van der Waals surface area (Å²) in [5.41, 5.74) is 1.86. The molecule has 0 aliphatic rings. The number of fused-ring (bicyclic) bond motifs is 1. The third-order valence-electron chi connectivity index (χ3n) is 6.07. The van der Waals surface area contributed by atoms with Crippen LogP contribution in [0.5, 0.6) is 11.5 Å². The van der Waals surface area contributed by atoms with Crippen LogP contribution in [-0.4, -0.2) is 39.3 Å². The number of methoxy groups -OCH3 is 1. The van der Waals surface area contributed by atoms with Gasteiger partial charge in [-0.1, -0.05) is 48.5 Å². The van der Waals surface area contributed by atoms with Crippen molar-refractivity contribution in [3.63, 3.8) is 0 Å². The molecule has 1 amide bonds. The van der Waals surface area contributed by atoms with Crippen LogP contribution < -0.4 is 25.5 Å². The van der Waals surface area contributed by atoms with Crippen LogP contribution in [0, 0.1) is 6.92 Å². The standard InChI is InChI=1S/C30H32N2O5/c1-21-27(33)23-13-8-14-24(29(23)37-28(21)22-11-4-3-5-12-22)30(34)32-19-9-17-31-18-10-20-36-26-16-7-6-15-25(26)35-2/h3-8,11-16,31H,9-10,17-20H2,1-2H3,(H,32,34). The number of benzene rings is 3. The Morgan fingerprint density at radius 3 is 2.38 bits per heavy atom. The number of nitrogens with one attached hydrogen (secondary N) is 2. The van der Waals surface area contributed by atoms with Gasteiger partial charge in [0.05, 0.1) is 24.7 Å². The topological polar surface area (TPSA) is 89.8 Å². The lowest BCUT2D eigenvalue weighted by Gasteiger charge is -2.11. The summed E-state index contributed by atoms with van der Waals surface area (Å²) in [5, 5.41) is 6.71. The summed E-state index contributed by atoms with van der Waals surface area (Å²) in [6.07, 6.45) is 1.62. The molecule has 1 aromatic heterocycles. The quantitative estimate of drug-likeness (QED) is 0.268. The van der Waals surface area contributed by atoms with Crippen molar-refractivity contribution >= 4 is 16.9 Å². The molecule has 37 heavy (non-hydrogen) atoms. The second-order valence-corrected chi connectivity index (χ2v) is 8.65. The predicted molar refractivity (Wildman–Crippen MR) is 146 cm³/mol. The van der Waals surface area contributed by atoms with Crippen LogP contribution in [0.15, 0.2) is 82.0 Å². The first kappa shape index (κ1) is 26.0. The van der Waals surface area contributed by atoms with Gasteiger partial charge in [-0.25, -0.2) is 0 Å². The van der Waals surface area contributed by atoms with Gasteiger partial charge in [-0.2, -0.15) is 0 Å². The SMILES string of the molecule is COc1ccccc1OCCCNCCCNC(=O)c1cccc2c(=O)c(C)c(-c3ccccc3)oc12. The molecule has 0 aliphatic heterocycles. The number of hydrogen-bond acceptors (Lipinski definition) is 6. The number of carbonyl (C=O) groups excluding carboxylic acids is 1. The number of carbonyl (C=O) groups is 1. The molecule has 4 rings (SSSR count). The Balaban J connectivity index is 1.27. The van der Waals surface area contributed by atoms with Crippen LogP contribution in [0.2, 0.25) is 0 Å². The summed E-state index contributed by atoms with van der Waals surface area (Å²) in [4.78, 5) is 25.9.